The summed E-state index contributed by atoms with van der Waals surface area (Å²) in [5.74, 6) is 0. The number of nitrogens with one attached hydrogen (secondary N) is 1. The first-order valence-corrected chi connectivity index (χ1v) is 4.58. The Balaban J connectivity index is 2.45. The SMILES string of the molecule is N[C@@H]1CC=C(NC=O)c2ccccc21. The van der Waals surface area contributed by atoms with Crippen LogP contribution >= 0.6 is 0 Å². The van der Waals surface area contributed by atoms with Crippen LogP contribution in [0.15, 0.2) is 30.3 Å². The molecule has 0 aromatic heterocycles. The molecule has 0 saturated carbocycles. The topological polar surface area (TPSA) is 55.1 Å². The summed E-state index contributed by atoms with van der Waals surface area (Å²) >= 11 is 0. The molecule has 14 heavy (non-hydrogen) atoms. The summed E-state index contributed by atoms with van der Waals surface area (Å²) in [6.45, 7) is 0. The lowest BCUT2D eigenvalue weighted by atomic mass is 9.91. The molecular weight excluding hydrogens is 176 g/mol. The summed E-state index contributed by atoms with van der Waals surface area (Å²) in [5.41, 5.74) is 8.93. The highest BCUT2D eigenvalue weighted by molar-refractivity contribution is 5.76. The van der Waals surface area contributed by atoms with E-state index in [1.54, 1.807) is 0 Å². The maximum atomic E-state index is 10.4. The minimum atomic E-state index is 0.0448. The fourth-order valence-electron chi connectivity index (χ4n) is 1.75. The predicted molar refractivity (Wildman–Crippen MR) is 55.2 cm³/mol. The maximum Gasteiger partial charge on any atom is 0.211 e. The van der Waals surface area contributed by atoms with Gasteiger partial charge in [-0.3, -0.25) is 4.79 Å². The first-order valence-electron chi connectivity index (χ1n) is 4.58. The van der Waals surface area contributed by atoms with Gasteiger partial charge in [-0.25, -0.2) is 0 Å². The summed E-state index contributed by atoms with van der Waals surface area (Å²) in [7, 11) is 0. The largest absolute Gasteiger partial charge is 0.328 e. The van der Waals surface area contributed by atoms with Gasteiger partial charge < -0.3 is 11.1 Å². The standard InChI is InChI=1S/C11H12N2O/c12-10-5-6-11(13-7-14)9-4-2-1-3-8(9)10/h1-4,6-7,10H,5,12H2,(H,13,14)/t10-/m1/s1. The second-order valence-corrected chi connectivity index (χ2v) is 3.31. The molecular formula is C11H12N2O. The average Bonchev–Trinajstić information content (AvgIpc) is 2.23. The first kappa shape index (κ1) is 8.97. The number of carbonyl (C=O) groups excluding carboxylic acids is 1. The Morgan fingerprint density at radius 2 is 2.21 bits per heavy atom. The van der Waals surface area contributed by atoms with Crippen molar-refractivity contribution in [3.8, 4) is 0 Å². The van der Waals surface area contributed by atoms with Gasteiger partial charge in [0, 0.05) is 17.3 Å². The molecule has 1 amide bonds. The molecule has 1 aliphatic rings. The lowest BCUT2D eigenvalue weighted by Crippen LogP contribution is -2.20. The molecule has 0 unspecified atom stereocenters. The van der Waals surface area contributed by atoms with Gasteiger partial charge in [0.1, 0.15) is 0 Å². The van der Waals surface area contributed by atoms with Crippen molar-refractivity contribution in [3.05, 3.63) is 41.5 Å². The van der Waals surface area contributed by atoms with Crippen LogP contribution < -0.4 is 11.1 Å². The van der Waals surface area contributed by atoms with E-state index in [1.807, 2.05) is 30.3 Å². The van der Waals surface area contributed by atoms with Gasteiger partial charge in [-0.15, -0.1) is 0 Å². The molecule has 3 N–H and O–H groups in total. The number of rotatable bonds is 2. The highest BCUT2D eigenvalue weighted by Crippen LogP contribution is 2.29. The Kier molecular flexibility index (Phi) is 2.33. The van der Waals surface area contributed by atoms with Crippen molar-refractivity contribution in [1.29, 1.82) is 0 Å². The lowest BCUT2D eigenvalue weighted by molar-refractivity contribution is -0.108. The van der Waals surface area contributed by atoms with Crippen LogP contribution in [0.2, 0.25) is 0 Å². The third-order valence-corrected chi connectivity index (χ3v) is 2.44. The molecule has 72 valence electrons. The number of hydrogen-bond donors (Lipinski definition) is 2. The van der Waals surface area contributed by atoms with Gasteiger partial charge in [0.2, 0.25) is 6.41 Å². The van der Waals surface area contributed by atoms with Crippen molar-refractivity contribution in [2.24, 2.45) is 5.73 Å². The van der Waals surface area contributed by atoms with Crippen LogP contribution in [-0.4, -0.2) is 6.41 Å². The van der Waals surface area contributed by atoms with E-state index in [1.165, 1.54) is 0 Å². The molecule has 0 fully saturated rings. The van der Waals surface area contributed by atoms with Crippen LogP contribution in [-0.2, 0) is 4.79 Å². The fraction of sp³-hybridized carbons (Fsp3) is 0.182. The van der Waals surface area contributed by atoms with Gasteiger partial charge in [-0.1, -0.05) is 30.3 Å². The Labute approximate surface area is 82.6 Å². The van der Waals surface area contributed by atoms with E-state index in [2.05, 4.69) is 5.32 Å². The van der Waals surface area contributed by atoms with Crippen LogP contribution in [0.5, 0.6) is 0 Å². The molecule has 3 nitrogen and oxygen atoms in total. The minimum absolute atomic E-state index is 0.0448. The molecule has 0 bridgehead atoms. The molecule has 3 heteroatoms. The quantitative estimate of drug-likeness (QED) is 0.685. The molecule has 0 spiro atoms. The van der Waals surface area contributed by atoms with Gasteiger partial charge in [0.25, 0.3) is 0 Å². The highest BCUT2D eigenvalue weighted by Gasteiger charge is 2.17. The summed E-state index contributed by atoms with van der Waals surface area (Å²) in [5, 5.41) is 2.69. The Morgan fingerprint density at radius 1 is 1.43 bits per heavy atom. The van der Waals surface area contributed by atoms with Crippen molar-refractivity contribution in [3.63, 3.8) is 0 Å². The van der Waals surface area contributed by atoms with E-state index in [0.29, 0.717) is 6.41 Å². The number of benzene rings is 1. The molecule has 0 saturated heterocycles. The number of carbonyl (C=O) groups is 1. The zero-order chi connectivity index (χ0) is 9.97. The van der Waals surface area contributed by atoms with Crippen molar-refractivity contribution in [1.82, 2.24) is 5.32 Å². The summed E-state index contributed by atoms with van der Waals surface area (Å²) in [6.07, 6.45) is 3.42. The normalized spacial score (nSPS) is 19.5. The smallest absolute Gasteiger partial charge is 0.211 e. The lowest BCUT2D eigenvalue weighted by Gasteiger charge is -2.21. The van der Waals surface area contributed by atoms with E-state index in [9.17, 15) is 4.79 Å². The maximum absolute atomic E-state index is 10.4. The van der Waals surface area contributed by atoms with E-state index < -0.39 is 0 Å². The highest BCUT2D eigenvalue weighted by atomic mass is 16.1. The van der Waals surface area contributed by atoms with Gasteiger partial charge in [0.15, 0.2) is 0 Å². The second kappa shape index (κ2) is 3.64. The Hall–Kier alpha value is -1.61. The van der Waals surface area contributed by atoms with Gasteiger partial charge in [-0.05, 0) is 12.0 Å². The Morgan fingerprint density at radius 3 is 3.00 bits per heavy atom. The summed E-state index contributed by atoms with van der Waals surface area (Å²) in [6, 6.07) is 7.92. The van der Waals surface area contributed by atoms with E-state index in [4.69, 9.17) is 5.73 Å². The number of amides is 1. The molecule has 1 aromatic rings. The molecule has 1 atom stereocenters. The van der Waals surface area contributed by atoms with Gasteiger partial charge >= 0.3 is 0 Å². The molecule has 0 heterocycles. The van der Waals surface area contributed by atoms with Crippen molar-refractivity contribution in [2.45, 2.75) is 12.5 Å². The number of fused-ring (bicyclic) bond motifs is 1. The number of hydrogen-bond acceptors (Lipinski definition) is 2. The zero-order valence-electron chi connectivity index (χ0n) is 7.73. The van der Waals surface area contributed by atoms with Crippen LogP contribution in [0.3, 0.4) is 0 Å². The van der Waals surface area contributed by atoms with E-state index >= 15 is 0 Å². The third-order valence-electron chi connectivity index (χ3n) is 2.44. The van der Waals surface area contributed by atoms with Crippen LogP contribution in [0, 0.1) is 0 Å². The van der Waals surface area contributed by atoms with Gasteiger partial charge in [-0.2, -0.15) is 0 Å². The van der Waals surface area contributed by atoms with Crippen LogP contribution in [0.4, 0.5) is 0 Å². The molecule has 0 aliphatic heterocycles. The molecule has 1 aliphatic carbocycles. The van der Waals surface area contributed by atoms with Gasteiger partial charge in [0.05, 0.1) is 0 Å². The first-order chi connectivity index (χ1) is 6.83. The number of nitrogens with two attached hydrogens (primary N) is 1. The van der Waals surface area contributed by atoms with Crippen LogP contribution in [0.1, 0.15) is 23.6 Å². The van der Waals surface area contributed by atoms with Crippen molar-refractivity contribution in [2.75, 3.05) is 0 Å². The third kappa shape index (κ3) is 1.42. The van der Waals surface area contributed by atoms with Crippen molar-refractivity contribution < 1.29 is 4.79 Å². The Bertz CT molecular complexity index is 385. The fourth-order valence-corrected chi connectivity index (χ4v) is 1.75. The summed E-state index contributed by atoms with van der Waals surface area (Å²) in [4.78, 5) is 10.4. The predicted octanol–water partition coefficient (Wildman–Crippen LogP) is 1.18. The van der Waals surface area contributed by atoms with E-state index in [0.717, 1.165) is 23.2 Å². The minimum Gasteiger partial charge on any atom is -0.328 e. The summed E-state index contributed by atoms with van der Waals surface area (Å²) < 4.78 is 0. The molecule has 0 radical (unpaired) electrons. The molecule has 2 rings (SSSR count). The monoisotopic (exact) mass is 188 g/mol. The van der Waals surface area contributed by atoms with Crippen LogP contribution in [0.25, 0.3) is 5.70 Å². The molecule has 1 aromatic carbocycles. The van der Waals surface area contributed by atoms with E-state index in [-0.39, 0.29) is 6.04 Å². The second-order valence-electron chi connectivity index (χ2n) is 3.31. The zero-order valence-corrected chi connectivity index (χ0v) is 7.73. The average molecular weight is 188 g/mol. The van der Waals surface area contributed by atoms with Crippen molar-refractivity contribution >= 4 is 12.1 Å².